The van der Waals surface area contributed by atoms with E-state index in [2.05, 4.69) is 25.6 Å². The molecular formula is C16H20N4O2. The fraction of sp³-hybridized carbons (Fsp3) is 0.562. The van der Waals surface area contributed by atoms with Crippen LogP contribution in [0.3, 0.4) is 0 Å². The molecule has 0 saturated heterocycles. The molecule has 6 nitrogen and oxygen atoms in total. The summed E-state index contributed by atoms with van der Waals surface area (Å²) in [7, 11) is 0. The number of carbonyl (C=O) groups excluding carboxylic acids is 1. The molecule has 116 valence electrons. The highest BCUT2D eigenvalue weighted by atomic mass is 16.6. The normalized spacial score (nSPS) is 22.6. The number of aromatic nitrogens is 2. The van der Waals surface area contributed by atoms with Crippen LogP contribution in [0.1, 0.15) is 44.1 Å². The van der Waals surface area contributed by atoms with E-state index in [0.29, 0.717) is 23.5 Å². The van der Waals surface area contributed by atoms with Gasteiger partial charge in [0.05, 0.1) is 0 Å². The maximum Gasteiger partial charge on any atom is 0.315 e. The molecule has 2 N–H and O–H groups in total. The van der Waals surface area contributed by atoms with Crippen LogP contribution in [-0.4, -0.2) is 22.4 Å². The zero-order valence-corrected chi connectivity index (χ0v) is 12.5. The average molecular weight is 300 g/mol. The van der Waals surface area contributed by atoms with Gasteiger partial charge in [0.1, 0.15) is 11.0 Å². The Morgan fingerprint density at radius 1 is 1.23 bits per heavy atom. The predicted octanol–water partition coefficient (Wildman–Crippen LogP) is 2.74. The predicted molar refractivity (Wildman–Crippen MR) is 81.1 cm³/mol. The molecule has 0 bridgehead atoms. The quantitative estimate of drug-likeness (QED) is 0.913. The molecule has 2 aliphatic carbocycles. The molecule has 2 amide bonds. The van der Waals surface area contributed by atoms with Crippen molar-refractivity contribution in [3.05, 3.63) is 23.8 Å². The Bertz CT molecular complexity index is 690. The van der Waals surface area contributed by atoms with Gasteiger partial charge in [0.2, 0.25) is 0 Å². The van der Waals surface area contributed by atoms with Gasteiger partial charge in [-0.15, -0.1) is 0 Å². The molecule has 1 spiro atoms. The highest BCUT2D eigenvalue weighted by molar-refractivity contribution is 5.76. The molecule has 2 fully saturated rings. The second-order valence-corrected chi connectivity index (χ2v) is 6.59. The topological polar surface area (TPSA) is 80.1 Å². The number of fused-ring (bicyclic) bond motifs is 1. The third kappa shape index (κ3) is 2.53. The van der Waals surface area contributed by atoms with Crippen molar-refractivity contribution < 1.29 is 9.42 Å². The number of benzene rings is 1. The Morgan fingerprint density at radius 2 is 2.05 bits per heavy atom. The van der Waals surface area contributed by atoms with Crippen LogP contribution in [0.5, 0.6) is 0 Å². The maximum absolute atomic E-state index is 12.0. The summed E-state index contributed by atoms with van der Waals surface area (Å²) in [4.78, 5) is 12.0. The molecule has 6 heteroatoms. The van der Waals surface area contributed by atoms with E-state index in [-0.39, 0.29) is 6.03 Å². The molecule has 4 rings (SSSR count). The zero-order valence-electron chi connectivity index (χ0n) is 12.5. The van der Waals surface area contributed by atoms with Crippen molar-refractivity contribution in [3.8, 4) is 0 Å². The van der Waals surface area contributed by atoms with E-state index >= 15 is 0 Å². The van der Waals surface area contributed by atoms with Gasteiger partial charge in [0.25, 0.3) is 0 Å². The van der Waals surface area contributed by atoms with Crippen molar-refractivity contribution in [1.29, 1.82) is 0 Å². The summed E-state index contributed by atoms with van der Waals surface area (Å²) in [6.45, 7) is 0.481. The summed E-state index contributed by atoms with van der Waals surface area (Å²) in [5, 5.41) is 13.6. The number of rotatable bonds is 3. The van der Waals surface area contributed by atoms with Crippen LogP contribution in [0, 0.1) is 5.41 Å². The van der Waals surface area contributed by atoms with Gasteiger partial charge in [-0.1, -0.05) is 25.3 Å². The first-order valence-corrected chi connectivity index (χ1v) is 8.01. The SMILES string of the molecule is O=C(NCc1ccc2nonc2c1)NC1CC12CCCCC2. The van der Waals surface area contributed by atoms with E-state index in [1.807, 2.05) is 18.2 Å². The fourth-order valence-corrected chi connectivity index (χ4v) is 3.69. The van der Waals surface area contributed by atoms with Crippen LogP contribution in [0.15, 0.2) is 22.8 Å². The van der Waals surface area contributed by atoms with Gasteiger partial charge in [-0.3, -0.25) is 0 Å². The highest BCUT2D eigenvalue weighted by Crippen LogP contribution is 2.56. The summed E-state index contributed by atoms with van der Waals surface area (Å²) in [5.74, 6) is 0. The number of nitrogens with one attached hydrogen (secondary N) is 2. The average Bonchev–Trinajstić information content (AvgIpc) is 2.98. The van der Waals surface area contributed by atoms with Gasteiger partial charge in [-0.25, -0.2) is 9.42 Å². The zero-order chi connectivity index (χ0) is 15.0. The van der Waals surface area contributed by atoms with Crippen molar-refractivity contribution in [2.45, 2.75) is 51.1 Å². The van der Waals surface area contributed by atoms with Gasteiger partial charge in [-0.2, -0.15) is 0 Å². The summed E-state index contributed by atoms with van der Waals surface area (Å²) in [6.07, 6.45) is 7.66. The van der Waals surface area contributed by atoms with Crippen LogP contribution in [0.2, 0.25) is 0 Å². The summed E-state index contributed by atoms with van der Waals surface area (Å²) >= 11 is 0. The number of carbonyl (C=O) groups is 1. The fourth-order valence-electron chi connectivity index (χ4n) is 3.69. The molecule has 1 unspecified atom stereocenters. The molecule has 2 aliphatic rings. The molecule has 1 heterocycles. The van der Waals surface area contributed by atoms with Gasteiger partial charge in [0.15, 0.2) is 0 Å². The molecule has 0 radical (unpaired) electrons. The van der Waals surface area contributed by atoms with Crippen molar-refractivity contribution in [2.75, 3.05) is 0 Å². The number of urea groups is 1. The van der Waals surface area contributed by atoms with E-state index in [1.165, 1.54) is 32.1 Å². The first-order valence-electron chi connectivity index (χ1n) is 8.01. The summed E-state index contributed by atoms with van der Waals surface area (Å²) < 4.78 is 4.67. The van der Waals surface area contributed by atoms with Crippen LogP contribution in [0.4, 0.5) is 4.79 Å². The van der Waals surface area contributed by atoms with Crippen LogP contribution in [0.25, 0.3) is 11.0 Å². The Hall–Kier alpha value is -2.11. The molecule has 1 aromatic heterocycles. The largest absolute Gasteiger partial charge is 0.335 e. The van der Waals surface area contributed by atoms with E-state index < -0.39 is 0 Å². The van der Waals surface area contributed by atoms with Gasteiger partial charge >= 0.3 is 6.03 Å². The third-order valence-electron chi connectivity index (χ3n) is 5.12. The minimum absolute atomic E-state index is 0.0779. The Kier molecular flexibility index (Phi) is 3.24. The number of hydrogen-bond acceptors (Lipinski definition) is 4. The second-order valence-electron chi connectivity index (χ2n) is 6.59. The number of hydrogen-bond donors (Lipinski definition) is 2. The van der Waals surface area contributed by atoms with Crippen LogP contribution < -0.4 is 10.6 Å². The van der Waals surface area contributed by atoms with E-state index in [1.54, 1.807) is 0 Å². The lowest BCUT2D eigenvalue weighted by Crippen LogP contribution is -2.38. The minimum Gasteiger partial charge on any atom is -0.335 e. The first kappa shape index (κ1) is 13.5. The lowest BCUT2D eigenvalue weighted by atomic mass is 9.86. The van der Waals surface area contributed by atoms with Crippen LogP contribution >= 0.6 is 0 Å². The molecule has 2 aromatic rings. The summed E-state index contributed by atoms with van der Waals surface area (Å²) in [5.41, 5.74) is 2.84. The van der Waals surface area contributed by atoms with Crippen molar-refractivity contribution in [1.82, 2.24) is 20.9 Å². The Labute approximate surface area is 128 Å². The lowest BCUT2D eigenvalue weighted by Gasteiger charge is -2.22. The Morgan fingerprint density at radius 3 is 2.91 bits per heavy atom. The lowest BCUT2D eigenvalue weighted by molar-refractivity contribution is 0.235. The van der Waals surface area contributed by atoms with Crippen molar-refractivity contribution in [3.63, 3.8) is 0 Å². The minimum atomic E-state index is -0.0779. The third-order valence-corrected chi connectivity index (χ3v) is 5.12. The van der Waals surface area contributed by atoms with E-state index in [4.69, 9.17) is 0 Å². The molecule has 1 aromatic carbocycles. The van der Waals surface area contributed by atoms with Crippen molar-refractivity contribution >= 4 is 17.1 Å². The summed E-state index contributed by atoms with van der Waals surface area (Å²) in [6, 6.07) is 5.94. The molecule has 2 saturated carbocycles. The molecule has 1 atom stereocenters. The molecule has 0 aliphatic heterocycles. The molecular weight excluding hydrogens is 280 g/mol. The first-order chi connectivity index (χ1) is 10.8. The monoisotopic (exact) mass is 300 g/mol. The van der Waals surface area contributed by atoms with Gasteiger partial charge in [0, 0.05) is 12.6 Å². The molecule has 22 heavy (non-hydrogen) atoms. The van der Waals surface area contributed by atoms with Gasteiger partial charge in [-0.05, 0) is 52.7 Å². The van der Waals surface area contributed by atoms with Gasteiger partial charge < -0.3 is 10.6 Å². The number of nitrogens with zero attached hydrogens (tertiary/aromatic N) is 2. The van der Waals surface area contributed by atoms with Crippen molar-refractivity contribution in [2.24, 2.45) is 5.41 Å². The van der Waals surface area contributed by atoms with E-state index in [0.717, 1.165) is 17.5 Å². The van der Waals surface area contributed by atoms with E-state index in [9.17, 15) is 4.79 Å². The maximum atomic E-state index is 12.0. The highest BCUT2D eigenvalue weighted by Gasteiger charge is 2.54. The number of amides is 2. The standard InChI is InChI=1S/C16H20N4O2/c21-15(18-14-9-16(14)6-2-1-3-7-16)17-10-11-4-5-12-13(8-11)20-22-19-12/h4-5,8,14H,1-3,6-7,9-10H2,(H2,17,18,21). The Balaban J connectivity index is 1.29. The smallest absolute Gasteiger partial charge is 0.315 e. The van der Waals surface area contributed by atoms with Crippen LogP contribution in [-0.2, 0) is 6.54 Å². The second kappa shape index (κ2) is 5.26.